The van der Waals surface area contributed by atoms with Crippen LogP contribution >= 0.6 is 0 Å². The second kappa shape index (κ2) is 6.92. The van der Waals surface area contributed by atoms with Crippen molar-refractivity contribution in [3.05, 3.63) is 22.4 Å². The molecule has 6 rings (SSSR count). The molecular weight excluding hydrogens is 406 g/mol. The average Bonchev–Trinajstić information content (AvgIpc) is 3.67. The topological polar surface area (TPSA) is 72.0 Å². The molecule has 7 heteroatoms. The van der Waals surface area contributed by atoms with Crippen molar-refractivity contribution in [2.45, 2.75) is 77.6 Å². The Kier molecular flexibility index (Phi) is 4.43. The van der Waals surface area contributed by atoms with Crippen molar-refractivity contribution < 1.29 is 19.1 Å². The van der Waals surface area contributed by atoms with Crippen molar-refractivity contribution in [1.82, 2.24) is 9.88 Å². The third kappa shape index (κ3) is 3.15. The summed E-state index contributed by atoms with van der Waals surface area (Å²) < 4.78 is 11.2. The minimum atomic E-state index is -0.221. The Morgan fingerprint density at radius 2 is 1.94 bits per heavy atom. The molecule has 0 spiro atoms. The molecule has 2 aliphatic heterocycles. The predicted octanol–water partition coefficient (Wildman–Crippen LogP) is 3.00. The van der Waals surface area contributed by atoms with E-state index in [0.29, 0.717) is 36.4 Å². The van der Waals surface area contributed by atoms with E-state index in [4.69, 9.17) is 14.5 Å². The lowest BCUT2D eigenvalue weighted by Gasteiger charge is -2.34. The molecule has 0 aromatic carbocycles. The van der Waals surface area contributed by atoms with Gasteiger partial charge in [0.1, 0.15) is 5.82 Å². The maximum atomic E-state index is 13.2. The molecule has 1 aromatic heterocycles. The maximum Gasteiger partial charge on any atom is 0.310 e. The molecule has 5 atom stereocenters. The lowest BCUT2D eigenvalue weighted by Crippen LogP contribution is -2.40. The van der Waals surface area contributed by atoms with Gasteiger partial charge in [0.2, 0.25) is 0 Å². The number of hydrogen-bond donors (Lipinski definition) is 0. The number of hydrogen-bond acceptors (Lipinski definition) is 6. The summed E-state index contributed by atoms with van der Waals surface area (Å²) in [5.41, 5.74) is 4.18. The Bertz CT molecular complexity index is 1000. The number of carbonyl (C=O) groups excluding carboxylic acids is 2. The lowest BCUT2D eigenvalue weighted by atomic mass is 10.0. The molecule has 1 amide bonds. The molecule has 3 heterocycles. The van der Waals surface area contributed by atoms with Crippen molar-refractivity contribution in [1.29, 1.82) is 0 Å². The van der Waals surface area contributed by atoms with Crippen LogP contribution in [0.3, 0.4) is 0 Å². The summed E-state index contributed by atoms with van der Waals surface area (Å²) in [6.45, 7) is 8.82. The van der Waals surface area contributed by atoms with E-state index in [0.717, 1.165) is 47.8 Å². The van der Waals surface area contributed by atoms with Crippen molar-refractivity contribution >= 4 is 17.7 Å². The van der Waals surface area contributed by atoms with Gasteiger partial charge in [-0.3, -0.25) is 9.59 Å². The fraction of sp³-hybridized carbons (Fsp3) is 0.720. The first-order valence-corrected chi connectivity index (χ1v) is 12.1. The van der Waals surface area contributed by atoms with E-state index in [1.54, 1.807) is 0 Å². The van der Waals surface area contributed by atoms with Crippen molar-refractivity contribution in [2.75, 3.05) is 25.2 Å². The number of pyridine rings is 1. The smallest absolute Gasteiger partial charge is 0.310 e. The van der Waals surface area contributed by atoms with Crippen LogP contribution in [0.5, 0.6) is 0 Å². The molecular formula is C25H33N3O4. The molecule has 5 unspecified atom stereocenters. The zero-order valence-electron chi connectivity index (χ0n) is 19.5. The molecule has 0 N–H and O–H groups in total. The molecule has 4 fully saturated rings. The van der Waals surface area contributed by atoms with E-state index >= 15 is 0 Å². The maximum absolute atomic E-state index is 13.2. The van der Waals surface area contributed by atoms with E-state index < -0.39 is 0 Å². The zero-order valence-corrected chi connectivity index (χ0v) is 19.5. The van der Waals surface area contributed by atoms with Gasteiger partial charge in [-0.1, -0.05) is 6.92 Å². The van der Waals surface area contributed by atoms with E-state index in [1.807, 2.05) is 11.8 Å². The Hall–Kier alpha value is -2.15. The molecule has 1 saturated heterocycles. The fourth-order valence-corrected chi connectivity index (χ4v) is 5.83. The summed E-state index contributed by atoms with van der Waals surface area (Å²) in [7, 11) is 1.41. The van der Waals surface area contributed by atoms with Crippen LogP contribution < -0.4 is 4.90 Å². The van der Waals surface area contributed by atoms with Gasteiger partial charge < -0.3 is 19.3 Å². The number of esters is 1. The van der Waals surface area contributed by atoms with Gasteiger partial charge in [0.05, 0.1) is 43.5 Å². The van der Waals surface area contributed by atoms with Crippen LogP contribution in [0.25, 0.3) is 0 Å². The van der Waals surface area contributed by atoms with Gasteiger partial charge in [-0.25, -0.2) is 4.98 Å². The van der Waals surface area contributed by atoms with Gasteiger partial charge >= 0.3 is 5.97 Å². The highest BCUT2D eigenvalue weighted by molar-refractivity contribution is 6.01. The van der Waals surface area contributed by atoms with E-state index in [-0.39, 0.29) is 23.8 Å². The zero-order chi connectivity index (χ0) is 22.4. The summed E-state index contributed by atoms with van der Waals surface area (Å²) in [5, 5.41) is 0. The largest absolute Gasteiger partial charge is 0.469 e. The van der Waals surface area contributed by atoms with Gasteiger partial charge in [0.15, 0.2) is 0 Å². The molecule has 3 saturated carbocycles. The normalized spacial score (nSPS) is 33.6. The van der Waals surface area contributed by atoms with Crippen molar-refractivity contribution in [3.8, 4) is 0 Å². The van der Waals surface area contributed by atoms with E-state index in [1.165, 1.54) is 26.4 Å². The third-order valence-corrected chi connectivity index (χ3v) is 8.62. The molecule has 3 aliphatic carbocycles. The highest BCUT2D eigenvalue weighted by Gasteiger charge is 2.54. The van der Waals surface area contributed by atoms with Crippen LogP contribution in [0.15, 0.2) is 0 Å². The number of carbonyl (C=O) groups is 2. The monoisotopic (exact) mass is 439 g/mol. The number of ether oxygens (including phenoxy) is 2. The number of nitrogens with zero attached hydrogens (tertiary/aromatic N) is 3. The Balaban J connectivity index is 1.19. The number of fused-ring (bicyclic) bond motifs is 2. The minimum Gasteiger partial charge on any atom is -0.469 e. The van der Waals surface area contributed by atoms with Crippen LogP contribution in [0, 0.1) is 31.1 Å². The number of methoxy groups -OCH3 is 1. The van der Waals surface area contributed by atoms with Crippen LogP contribution in [0.2, 0.25) is 0 Å². The average molecular weight is 440 g/mol. The lowest BCUT2D eigenvalue weighted by molar-refractivity contribution is -0.142. The van der Waals surface area contributed by atoms with E-state index in [9.17, 15) is 9.59 Å². The second-order valence-electron chi connectivity index (χ2n) is 11.0. The van der Waals surface area contributed by atoms with Crippen LogP contribution in [0.1, 0.15) is 66.2 Å². The first-order valence-electron chi connectivity index (χ1n) is 12.1. The molecule has 32 heavy (non-hydrogen) atoms. The number of rotatable bonds is 6. The minimum absolute atomic E-state index is 0.0148. The number of anilines is 1. The Labute approximate surface area is 189 Å². The number of piperidine rings is 1. The summed E-state index contributed by atoms with van der Waals surface area (Å²) in [6.07, 6.45) is 5.89. The van der Waals surface area contributed by atoms with Crippen LogP contribution in [0.4, 0.5) is 5.82 Å². The number of aromatic nitrogens is 1. The molecule has 0 radical (unpaired) electrons. The fourth-order valence-electron chi connectivity index (χ4n) is 5.83. The first-order chi connectivity index (χ1) is 15.3. The second-order valence-corrected chi connectivity index (χ2v) is 11.0. The standard InChI is InChI=1S/C25H33N3O4/c1-13-14(2)22(27-8-5-20(15-9-18(15)27)32-12-25(3)6-7-25)26-17-11-28(23(29)21(13)17)19-10-16(19)24(30)31-4/h15-16,18-20H,5-12H2,1-4H3. The Morgan fingerprint density at radius 3 is 2.66 bits per heavy atom. The highest BCUT2D eigenvalue weighted by Crippen LogP contribution is 2.50. The molecule has 0 bridgehead atoms. The highest BCUT2D eigenvalue weighted by atomic mass is 16.5. The van der Waals surface area contributed by atoms with Crippen molar-refractivity contribution in [3.63, 3.8) is 0 Å². The molecule has 5 aliphatic rings. The predicted molar refractivity (Wildman–Crippen MR) is 118 cm³/mol. The van der Waals surface area contributed by atoms with Gasteiger partial charge in [-0.2, -0.15) is 0 Å². The van der Waals surface area contributed by atoms with Crippen molar-refractivity contribution in [2.24, 2.45) is 17.3 Å². The van der Waals surface area contributed by atoms with Gasteiger partial charge in [-0.15, -0.1) is 0 Å². The van der Waals surface area contributed by atoms with Gasteiger partial charge in [0.25, 0.3) is 5.91 Å². The quantitative estimate of drug-likeness (QED) is 0.635. The molecule has 1 aromatic rings. The number of amides is 1. The third-order valence-electron chi connectivity index (χ3n) is 8.62. The molecule has 7 nitrogen and oxygen atoms in total. The SMILES string of the molecule is COC(=O)C1CC1N1Cc2nc(N3CCC(OCC4(C)CC4)C4CC43)c(C)c(C)c2C1=O. The van der Waals surface area contributed by atoms with E-state index in [2.05, 4.69) is 18.7 Å². The first kappa shape index (κ1) is 20.5. The van der Waals surface area contributed by atoms with Crippen LogP contribution in [-0.4, -0.2) is 60.2 Å². The van der Waals surface area contributed by atoms with Gasteiger partial charge in [0, 0.05) is 24.5 Å². The summed E-state index contributed by atoms with van der Waals surface area (Å²) in [6, 6.07) is 0.450. The Morgan fingerprint density at radius 1 is 1.16 bits per heavy atom. The summed E-state index contributed by atoms with van der Waals surface area (Å²) in [5.74, 6) is 1.24. The molecule has 172 valence electrons. The van der Waals surface area contributed by atoms with Gasteiger partial charge in [-0.05, 0) is 62.5 Å². The van der Waals surface area contributed by atoms with Crippen LogP contribution in [-0.2, 0) is 20.8 Å². The summed E-state index contributed by atoms with van der Waals surface area (Å²) >= 11 is 0. The summed E-state index contributed by atoms with van der Waals surface area (Å²) in [4.78, 5) is 34.4.